The van der Waals surface area contributed by atoms with Crippen LogP contribution in [0.25, 0.3) is 0 Å². The fourth-order valence-electron chi connectivity index (χ4n) is 2.06. The smallest absolute Gasteiger partial charge is 0.251 e. The topological polar surface area (TPSA) is 58.6 Å². The highest BCUT2D eigenvalue weighted by Gasteiger charge is 2.30. The van der Waals surface area contributed by atoms with Gasteiger partial charge < -0.3 is 15.2 Å². The van der Waals surface area contributed by atoms with Gasteiger partial charge in [-0.25, -0.2) is 4.39 Å². The van der Waals surface area contributed by atoms with Crippen LogP contribution in [0.4, 0.5) is 4.39 Å². The lowest BCUT2D eigenvalue weighted by atomic mass is 9.94. The molecule has 0 atom stereocenters. The fraction of sp³-hybridized carbons (Fsp3) is 0.500. The van der Waals surface area contributed by atoms with Crippen LogP contribution >= 0.6 is 0 Å². The predicted octanol–water partition coefficient (Wildman–Crippen LogP) is 1.41. The van der Waals surface area contributed by atoms with E-state index in [9.17, 15) is 14.3 Å². The molecule has 1 amide bonds. The number of aliphatic hydroxyl groups is 1. The lowest BCUT2D eigenvalue weighted by molar-refractivity contribution is -0.0605. The molecule has 2 rings (SSSR count). The lowest BCUT2D eigenvalue weighted by Gasteiger charge is -2.32. The van der Waals surface area contributed by atoms with Crippen molar-refractivity contribution in [1.82, 2.24) is 5.32 Å². The molecule has 1 fully saturated rings. The first-order valence-electron chi connectivity index (χ1n) is 6.35. The van der Waals surface area contributed by atoms with Gasteiger partial charge in [-0.2, -0.15) is 0 Å². The number of benzene rings is 1. The molecular formula is C14H18FNO3. The fourth-order valence-corrected chi connectivity index (χ4v) is 2.06. The number of nitrogens with one attached hydrogen (secondary N) is 1. The van der Waals surface area contributed by atoms with Crippen LogP contribution < -0.4 is 5.32 Å². The van der Waals surface area contributed by atoms with E-state index in [1.807, 2.05) is 0 Å². The van der Waals surface area contributed by atoms with E-state index in [0.717, 1.165) is 0 Å². The third kappa shape index (κ3) is 3.52. The molecule has 1 aromatic rings. The molecule has 19 heavy (non-hydrogen) atoms. The van der Waals surface area contributed by atoms with Crippen molar-refractivity contribution in [3.63, 3.8) is 0 Å². The maximum atomic E-state index is 13.1. The molecule has 1 saturated heterocycles. The molecule has 2 N–H and O–H groups in total. The summed E-state index contributed by atoms with van der Waals surface area (Å²) in [5.41, 5.74) is -0.0739. The summed E-state index contributed by atoms with van der Waals surface area (Å²) in [6.07, 6.45) is 1.02. The Morgan fingerprint density at radius 3 is 2.79 bits per heavy atom. The van der Waals surface area contributed by atoms with Crippen LogP contribution in [0.1, 0.15) is 28.8 Å². The highest BCUT2D eigenvalue weighted by molar-refractivity contribution is 5.94. The number of hydrogen-bond acceptors (Lipinski definition) is 3. The molecule has 1 aromatic carbocycles. The number of halogens is 1. The molecule has 5 heteroatoms. The Labute approximate surface area is 111 Å². The first-order chi connectivity index (χ1) is 9.00. The Balaban J connectivity index is 1.95. The van der Waals surface area contributed by atoms with E-state index in [2.05, 4.69) is 5.32 Å². The van der Waals surface area contributed by atoms with Gasteiger partial charge in [-0.05, 0) is 30.7 Å². The summed E-state index contributed by atoms with van der Waals surface area (Å²) in [5, 5.41) is 12.9. The number of carbonyl (C=O) groups is 1. The minimum Gasteiger partial charge on any atom is -0.388 e. The van der Waals surface area contributed by atoms with Gasteiger partial charge in [0.1, 0.15) is 5.82 Å². The Bertz CT molecular complexity index is 470. The average Bonchev–Trinajstić information content (AvgIpc) is 2.40. The van der Waals surface area contributed by atoms with E-state index in [1.54, 1.807) is 6.92 Å². The van der Waals surface area contributed by atoms with Crippen molar-refractivity contribution in [1.29, 1.82) is 0 Å². The molecular weight excluding hydrogens is 249 g/mol. The highest BCUT2D eigenvalue weighted by atomic mass is 19.1. The van der Waals surface area contributed by atoms with Gasteiger partial charge in [-0.3, -0.25) is 4.79 Å². The van der Waals surface area contributed by atoms with Gasteiger partial charge >= 0.3 is 0 Å². The molecule has 104 valence electrons. The van der Waals surface area contributed by atoms with Crippen LogP contribution in [0.2, 0.25) is 0 Å². The zero-order valence-electron chi connectivity index (χ0n) is 10.9. The molecule has 1 aliphatic heterocycles. The summed E-state index contributed by atoms with van der Waals surface area (Å²) >= 11 is 0. The number of amides is 1. The van der Waals surface area contributed by atoms with Crippen molar-refractivity contribution in [2.75, 3.05) is 19.8 Å². The summed E-state index contributed by atoms with van der Waals surface area (Å²) in [5.74, 6) is -0.636. The number of ether oxygens (including phenoxy) is 1. The van der Waals surface area contributed by atoms with Crippen LogP contribution in [0.5, 0.6) is 0 Å². The Kier molecular flexibility index (Phi) is 4.17. The SMILES string of the molecule is Cc1cc(C(=O)NCC2(O)CCOCC2)ccc1F. The third-order valence-corrected chi connectivity index (χ3v) is 3.42. The van der Waals surface area contributed by atoms with Crippen molar-refractivity contribution < 1.29 is 19.0 Å². The van der Waals surface area contributed by atoms with Crippen molar-refractivity contribution in [2.45, 2.75) is 25.4 Å². The minimum absolute atomic E-state index is 0.186. The zero-order chi connectivity index (χ0) is 13.9. The van der Waals surface area contributed by atoms with Gasteiger partial charge in [0.15, 0.2) is 0 Å². The standard InChI is InChI=1S/C14H18FNO3/c1-10-8-11(2-3-12(10)15)13(17)16-9-14(18)4-6-19-7-5-14/h2-3,8,18H,4-7,9H2,1H3,(H,16,17). The van der Waals surface area contributed by atoms with Crippen LogP contribution in [0.15, 0.2) is 18.2 Å². The normalized spacial score (nSPS) is 18.1. The quantitative estimate of drug-likeness (QED) is 0.870. The molecule has 1 aliphatic rings. The van der Waals surface area contributed by atoms with E-state index < -0.39 is 5.60 Å². The summed E-state index contributed by atoms with van der Waals surface area (Å²) in [6.45, 7) is 2.80. The first kappa shape index (κ1) is 14.0. The summed E-state index contributed by atoms with van der Waals surface area (Å²) in [7, 11) is 0. The van der Waals surface area contributed by atoms with E-state index in [0.29, 0.717) is 37.2 Å². The van der Waals surface area contributed by atoms with E-state index in [-0.39, 0.29) is 18.3 Å². The molecule has 0 radical (unpaired) electrons. The molecule has 0 bridgehead atoms. The van der Waals surface area contributed by atoms with Crippen LogP contribution in [-0.2, 0) is 4.74 Å². The van der Waals surface area contributed by atoms with Crippen LogP contribution in [0, 0.1) is 12.7 Å². The summed E-state index contributed by atoms with van der Waals surface area (Å²) in [4.78, 5) is 11.9. The van der Waals surface area contributed by atoms with Crippen LogP contribution in [-0.4, -0.2) is 36.4 Å². The first-order valence-corrected chi connectivity index (χ1v) is 6.35. The van der Waals surface area contributed by atoms with Gasteiger partial charge in [-0.15, -0.1) is 0 Å². The molecule has 0 unspecified atom stereocenters. The second-order valence-corrected chi connectivity index (χ2v) is 4.98. The Morgan fingerprint density at radius 2 is 2.16 bits per heavy atom. The molecule has 0 aromatic heterocycles. The van der Waals surface area contributed by atoms with Crippen molar-refractivity contribution >= 4 is 5.91 Å². The predicted molar refractivity (Wildman–Crippen MR) is 68.5 cm³/mol. The number of hydrogen-bond donors (Lipinski definition) is 2. The van der Waals surface area contributed by atoms with Gasteiger partial charge in [0, 0.05) is 38.2 Å². The van der Waals surface area contributed by atoms with Crippen molar-refractivity contribution in [2.24, 2.45) is 0 Å². The maximum absolute atomic E-state index is 13.1. The molecule has 0 spiro atoms. The minimum atomic E-state index is -0.900. The molecule has 0 aliphatic carbocycles. The van der Waals surface area contributed by atoms with Gasteiger partial charge in [0.2, 0.25) is 0 Å². The van der Waals surface area contributed by atoms with Gasteiger partial charge in [0.25, 0.3) is 5.91 Å². The number of aryl methyl sites for hydroxylation is 1. The van der Waals surface area contributed by atoms with E-state index in [4.69, 9.17) is 4.74 Å². The second kappa shape index (κ2) is 5.67. The average molecular weight is 267 g/mol. The summed E-state index contributed by atoms with van der Waals surface area (Å²) < 4.78 is 18.3. The Morgan fingerprint density at radius 1 is 1.47 bits per heavy atom. The largest absolute Gasteiger partial charge is 0.388 e. The molecule has 4 nitrogen and oxygen atoms in total. The maximum Gasteiger partial charge on any atom is 0.251 e. The lowest BCUT2D eigenvalue weighted by Crippen LogP contribution is -2.46. The van der Waals surface area contributed by atoms with Crippen LogP contribution in [0.3, 0.4) is 0 Å². The van der Waals surface area contributed by atoms with E-state index in [1.165, 1.54) is 18.2 Å². The molecule has 0 saturated carbocycles. The summed E-state index contributed by atoms with van der Waals surface area (Å²) in [6, 6.07) is 4.21. The van der Waals surface area contributed by atoms with Crippen molar-refractivity contribution in [3.8, 4) is 0 Å². The number of rotatable bonds is 3. The second-order valence-electron chi connectivity index (χ2n) is 4.98. The third-order valence-electron chi connectivity index (χ3n) is 3.42. The van der Waals surface area contributed by atoms with Gasteiger partial charge in [-0.1, -0.05) is 0 Å². The number of carbonyl (C=O) groups excluding carboxylic acids is 1. The van der Waals surface area contributed by atoms with Crippen molar-refractivity contribution in [3.05, 3.63) is 35.1 Å². The van der Waals surface area contributed by atoms with E-state index >= 15 is 0 Å². The highest BCUT2D eigenvalue weighted by Crippen LogP contribution is 2.19. The zero-order valence-corrected chi connectivity index (χ0v) is 10.9. The van der Waals surface area contributed by atoms with Gasteiger partial charge in [0.05, 0.1) is 5.60 Å². The molecule has 1 heterocycles. The Hall–Kier alpha value is -1.46. The monoisotopic (exact) mass is 267 g/mol.